The number of para-hydroxylation sites is 1. The topological polar surface area (TPSA) is 98.2 Å². The molecule has 1 N–H and O–H groups in total. The molecule has 9 heteroatoms. The second-order valence-electron chi connectivity index (χ2n) is 9.29. The minimum Gasteiger partial charge on any atom is -0.486 e. The molecule has 0 fully saturated rings. The summed E-state index contributed by atoms with van der Waals surface area (Å²) in [4.78, 5) is 18.9. The van der Waals surface area contributed by atoms with E-state index in [1.54, 1.807) is 4.68 Å². The van der Waals surface area contributed by atoms with Gasteiger partial charge in [0.15, 0.2) is 17.3 Å². The molecule has 5 aromatic rings. The Bertz CT molecular complexity index is 1660. The molecule has 0 bridgehead atoms. The van der Waals surface area contributed by atoms with Gasteiger partial charge in [0.1, 0.15) is 19.3 Å². The largest absolute Gasteiger partial charge is 0.486 e. The molecule has 0 amide bonds. The van der Waals surface area contributed by atoms with Gasteiger partial charge in [-0.15, -0.1) is 5.10 Å². The highest BCUT2D eigenvalue weighted by Crippen LogP contribution is 2.39. The Morgan fingerprint density at radius 3 is 2.59 bits per heavy atom. The Labute approximate surface area is 212 Å². The van der Waals surface area contributed by atoms with Crippen molar-refractivity contribution in [2.75, 3.05) is 24.7 Å². The summed E-state index contributed by atoms with van der Waals surface area (Å²) >= 11 is 0. The number of anilines is 1. The number of nitrogens with zero attached hydrogens (tertiary/aromatic N) is 5. The molecule has 1 unspecified atom stereocenters. The predicted molar refractivity (Wildman–Crippen MR) is 138 cm³/mol. The molecule has 1 atom stereocenters. The molecule has 4 heterocycles. The Morgan fingerprint density at radius 2 is 1.73 bits per heavy atom. The van der Waals surface area contributed by atoms with Crippen molar-refractivity contribution in [3.05, 3.63) is 106 Å². The van der Waals surface area contributed by atoms with E-state index >= 15 is 0 Å². The van der Waals surface area contributed by atoms with Crippen LogP contribution in [0.2, 0.25) is 0 Å². The first kappa shape index (κ1) is 21.6. The van der Waals surface area contributed by atoms with Gasteiger partial charge in [-0.25, -0.2) is 4.68 Å². The van der Waals surface area contributed by atoms with Gasteiger partial charge in [0.25, 0.3) is 5.56 Å². The number of tetrazole rings is 1. The molecule has 0 saturated heterocycles. The molecular weight excluding hydrogens is 468 g/mol. The minimum atomic E-state index is -0.483. The van der Waals surface area contributed by atoms with Crippen LogP contribution in [-0.4, -0.2) is 44.9 Å². The van der Waals surface area contributed by atoms with E-state index < -0.39 is 6.04 Å². The normalized spacial score (nSPS) is 15.1. The molecule has 7 rings (SSSR count). The van der Waals surface area contributed by atoms with Crippen LogP contribution in [0.3, 0.4) is 0 Å². The lowest BCUT2D eigenvalue weighted by molar-refractivity contribution is 0.172. The Hall–Kier alpha value is -4.66. The zero-order valence-electron chi connectivity index (χ0n) is 20.0. The third-order valence-electron chi connectivity index (χ3n) is 7.04. The van der Waals surface area contributed by atoms with E-state index in [1.165, 1.54) is 5.56 Å². The average molecular weight is 493 g/mol. The Kier molecular flexibility index (Phi) is 5.12. The summed E-state index contributed by atoms with van der Waals surface area (Å²) in [6.07, 6.45) is 0.886. The van der Waals surface area contributed by atoms with E-state index in [0.29, 0.717) is 48.2 Å². The number of fused-ring (bicyclic) bond motifs is 3. The zero-order chi connectivity index (χ0) is 24.8. The van der Waals surface area contributed by atoms with Crippen LogP contribution in [0, 0.1) is 0 Å². The summed E-state index contributed by atoms with van der Waals surface area (Å²) in [5, 5.41) is 13.7. The molecule has 37 heavy (non-hydrogen) atoms. The predicted octanol–water partition coefficient (Wildman–Crippen LogP) is 3.49. The third-order valence-corrected chi connectivity index (χ3v) is 7.04. The molecule has 184 valence electrons. The number of hydrogen-bond acceptors (Lipinski definition) is 7. The van der Waals surface area contributed by atoms with E-state index in [-0.39, 0.29) is 5.56 Å². The van der Waals surface area contributed by atoms with E-state index in [9.17, 15) is 4.79 Å². The number of ether oxygens (including phenoxy) is 2. The fourth-order valence-corrected chi connectivity index (χ4v) is 5.32. The van der Waals surface area contributed by atoms with Crippen molar-refractivity contribution in [1.29, 1.82) is 0 Å². The molecule has 9 nitrogen and oxygen atoms in total. The summed E-state index contributed by atoms with van der Waals surface area (Å²) in [5.74, 6) is 1.93. The van der Waals surface area contributed by atoms with Gasteiger partial charge >= 0.3 is 0 Å². The number of H-pyrrole nitrogens is 1. The average Bonchev–Trinajstić information content (AvgIpc) is 3.56. The Morgan fingerprint density at radius 1 is 0.946 bits per heavy atom. The molecule has 2 aromatic heterocycles. The van der Waals surface area contributed by atoms with Gasteiger partial charge in [-0.05, 0) is 46.2 Å². The van der Waals surface area contributed by atoms with Crippen molar-refractivity contribution in [3.8, 4) is 11.5 Å². The van der Waals surface area contributed by atoms with Crippen molar-refractivity contribution in [1.82, 2.24) is 25.2 Å². The summed E-state index contributed by atoms with van der Waals surface area (Å²) < 4.78 is 13.3. The highest BCUT2D eigenvalue weighted by atomic mass is 16.6. The van der Waals surface area contributed by atoms with Crippen LogP contribution in [0.5, 0.6) is 11.5 Å². The van der Waals surface area contributed by atoms with Gasteiger partial charge in [0, 0.05) is 29.2 Å². The lowest BCUT2D eigenvalue weighted by atomic mass is 10.0. The minimum absolute atomic E-state index is 0.187. The number of nitrogens with one attached hydrogen (secondary N) is 1. The van der Waals surface area contributed by atoms with Crippen LogP contribution >= 0.6 is 0 Å². The highest BCUT2D eigenvalue weighted by Gasteiger charge is 2.34. The number of rotatable bonds is 5. The highest BCUT2D eigenvalue weighted by molar-refractivity contribution is 5.83. The number of pyridine rings is 1. The van der Waals surface area contributed by atoms with Crippen molar-refractivity contribution < 1.29 is 9.47 Å². The summed E-state index contributed by atoms with van der Waals surface area (Å²) in [6, 6.07) is 23.5. The van der Waals surface area contributed by atoms with Crippen molar-refractivity contribution in [3.63, 3.8) is 0 Å². The second kappa shape index (κ2) is 8.77. The van der Waals surface area contributed by atoms with Gasteiger partial charge in [-0.3, -0.25) is 4.79 Å². The van der Waals surface area contributed by atoms with Gasteiger partial charge in [0.05, 0.1) is 12.1 Å². The van der Waals surface area contributed by atoms with Crippen molar-refractivity contribution in [2.45, 2.75) is 19.0 Å². The molecular formula is C28H24N6O3. The van der Waals surface area contributed by atoms with Gasteiger partial charge in [-0.1, -0.05) is 48.5 Å². The van der Waals surface area contributed by atoms with Crippen LogP contribution in [0.1, 0.15) is 28.6 Å². The monoisotopic (exact) mass is 492 g/mol. The Balaban J connectivity index is 1.40. The number of benzene rings is 3. The lowest BCUT2D eigenvalue weighted by Crippen LogP contribution is -2.34. The van der Waals surface area contributed by atoms with E-state index in [2.05, 4.69) is 37.5 Å². The van der Waals surface area contributed by atoms with Crippen LogP contribution in [0.4, 0.5) is 5.69 Å². The quantitative estimate of drug-likeness (QED) is 0.401. The molecule has 0 radical (unpaired) electrons. The second-order valence-corrected chi connectivity index (χ2v) is 9.29. The molecule has 0 spiro atoms. The maximum atomic E-state index is 13.6. The maximum Gasteiger partial charge on any atom is 0.254 e. The van der Waals surface area contributed by atoms with Crippen molar-refractivity contribution in [2.24, 2.45) is 0 Å². The van der Waals surface area contributed by atoms with E-state index in [0.717, 1.165) is 29.6 Å². The summed E-state index contributed by atoms with van der Waals surface area (Å²) in [5.41, 5.74) is 4.49. The first-order chi connectivity index (χ1) is 18.2. The standard InChI is InChI=1S/C28H24N6O3/c35-28-21(14-20-15-24-25(16-22(20)29-28)37-13-12-36-24)26(33-11-10-19-8-4-5-9-23(19)33)27-30-31-32-34(27)17-18-6-2-1-3-7-18/h1-9,14-16,26H,10-13,17H2,(H,29,35). The molecule has 3 aromatic carbocycles. The van der Waals surface area contributed by atoms with Crippen molar-refractivity contribution >= 4 is 16.6 Å². The fraction of sp³-hybridized carbons (Fsp3) is 0.214. The first-order valence-corrected chi connectivity index (χ1v) is 12.4. The van der Waals surface area contributed by atoms with Crippen LogP contribution in [0.25, 0.3) is 10.9 Å². The lowest BCUT2D eigenvalue weighted by Gasteiger charge is -2.29. The maximum absolute atomic E-state index is 13.6. The first-order valence-electron chi connectivity index (χ1n) is 12.4. The van der Waals surface area contributed by atoms with Gasteiger partial charge in [-0.2, -0.15) is 0 Å². The van der Waals surface area contributed by atoms with E-state index in [1.807, 2.05) is 60.7 Å². The molecule has 0 aliphatic carbocycles. The van der Waals surface area contributed by atoms with Gasteiger partial charge < -0.3 is 19.4 Å². The van der Waals surface area contributed by atoms with Gasteiger partial charge in [0.2, 0.25) is 0 Å². The zero-order valence-corrected chi connectivity index (χ0v) is 20.0. The van der Waals surface area contributed by atoms with Crippen LogP contribution < -0.4 is 19.9 Å². The number of aromatic amines is 1. The molecule has 0 saturated carbocycles. The molecule has 2 aliphatic rings. The summed E-state index contributed by atoms with van der Waals surface area (Å²) in [7, 11) is 0. The number of hydrogen-bond donors (Lipinski definition) is 1. The third kappa shape index (κ3) is 3.79. The number of aromatic nitrogens is 5. The van der Waals surface area contributed by atoms with Crippen LogP contribution in [-0.2, 0) is 13.0 Å². The fourth-order valence-electron chi connectivity index (χ4n) is 5.32. The SMILES string of the molecule is O=c1[nH]c2cc3c(cc2cc1C(c1nnnn1Cc1ccccc1)N1CCc2ccccc21)OCCO3. The smallest absolute Gasteiger partial charge is 0.254 e. The van der Waals surface area contributed by atoms with Crippen LogP contribution in [0.15, 0.2) is 77.6 Å². The molecule has 2 aliphatic heterocycles. The summed E-state index contributed by atoms with van der Waals surface area (Å²) in [6.45, 7) is 2.23. The van der Waals surface area contributed by atoms with E-state index in [4.69, 9.17) is 9.47 Å².